The first-order chi connectivity index (χ1) is 9.29. The van der Waals surface area contributed by atoms with Crippen molar-refractivity contribution in [2.24, 2.45) is 5.73 Å². The largest absolute Gasteiger partial charge is 0.415 e. The zero-order valence-corrected chi connectivity index (χ0v) is 11.5. The predicted molar refractivity (Wildman–Crippen MR) is 69.5 cm³/mol. The summed E-state index contributed by atoms with van der Waals surface area (Å²) in [5, 5.41) is 8.13. The van der Waals surface area contributed by atoms with Crippen LogP contribution >= 0.6 is 11.8 Å². The Morgan fingerprint density at radius 2 is 2.16 bits per heavy atom. The van der Waals surface area contributed by atoms with E-state index in [2.05, 4.69) is 10.2 Å². The van der Waals surface area contributed by atoms with E-state index in [1.165, 1.54) is 11.8 Å². The second-order valence-electron chi connectivity index (χ2n) is 4.11. The molecule has 2 N–H and O–H groups in total. The second-order valence-corrected chi connectivity index (χ2v) is 5.16. The summed E-state index contributed by atoms with van der Waals surface area (Å²) in [5.74, 6) is 1.41. The summed E-state index contributed by atoms with van der Waals surface area (Å²) < 4.78 is 10.5. The molecule has 1 aliphatic heterocycles. The van der Waals surface area contributed by atoms with Gasteiger partial charge in [-0.1, -0.05) is 11.8 Å². The van der Waals surface area contributed by atoms with E-state index < -0.39 is 0 Å². The van der Waals surface area contributed by atoms with Crippen LogP contribution < -0.4 is 5.73 Å². The third kappa shape index (κ3) is 4.48. The number of ether oxygens (including phenoxy) is 1. The van der Waals surface area contributed by atoms with Crippen LogP contribution in [0.3, 0.4) is 0 Å². The lowest BCUT2D eigenvalue weighted by Crippen LogP contribution is -2.40. The topological polar surface area (TPSA) is 94.5 Å². The molecule has 0 radical (unpaired) electrons. The quantitative estimate of drug-likeness (QED) is 0.592. The highest BCUT2D eigenvalue weighted by atomic mass is 32.2. The number of hydrogen-bond donors (Lipinski definition) is 1. The van der Waals surface area contributed by atoms with Crippen molar-refractivity contribution in [2.45, 2.75) is 24.6 Å². The van der Waals surface area contributed by atoms with Gasteiger partial charge < -0.3 is 19.8 Å². The molecule has 1 aromatic heterocycles. The van der Waals surface area contributed by atoms with Crippen LogP contribution in [0, 0.1) is 0 Å². The number of nitrogens with two attached hydrogens (primary N) is 1. The molecule has 2 heterocycles. The van der Waals surface area contributed by atoms with Gasteiger partial charge in [-0.15, -0.1) is 10.2 Å². The Morgan fingerprint density at radius 3 is 2.84 bits per heavy atom. The Hall–Kier alpha value is -1.12. The SMILES string of the molecule is NCc1nnc(SCCCC(=O)N2CCOCC2)o1. The number of aromatic nitrogens is 2. The van der Waals surface area contributed by atoms with Crippen molar-refractivity contribution in [3.05, 3.63) is 5.89 Å². The van der Waals surface area contributed by atoms with Gasteiger partial charge in [0.1, 0.15) is 0 Å². The number of rotatable bonds is 6. The first-order valence-corrected chi connectivity index (χ1v) is 7.29. The van der Waals surface area contributed by atoms with Crippen LogP contribution in [0.5, 0.6) is 0 Å². The summed E-state index contributed by atoms with van der Waals surface area (Å²) in [6.07, 6.45) is 1.34. The number of thioether (sulfide) groups is 1. The number of hydrogen-bond acceptors (Lipinski definition) is 7. The summed E-state index contributed by atoms with van der Waals surface area (Å²) in [6, 6.07) is 0. The van der Waals surface area contributed by atoms with Gasteiger partial charge >= 0.3 is 0 Å². The highest BCUT2D eigenvalue weighted by molar-refractivity contribution is 7.99. The Kier molecular flexibility index (Phi) is 5.62. The van der Waals surface area contributed by atoms with E-state index in [0.29, 0.717) is 43.8 Å². The number of nitrogens with zero attached hydrogens (tertiary/aromatic N) is 3. The van der Waals surface area contributed by atoms with Crippen LogP contribution in [0.25, 0.3) is 0 Å². The van der Waals surface area contributed by atoms with Gasteiger partial charge in [0.05, 0.1) is 19.8 Å². The Morgan fingerprint density at radius 1 is 1.37 bits per heavy atom. The van der Waals surface area contributed by atoms with Gasteiger partial charge in [-0.05, 0) is 6.42 Å². The van der Waals surface area contributed by atoms with Crippen LogP contribution in [-0.4, -0.2) is 53.1 Å². The fourth-order valence-electron chi connectivity index (χ4n) is 1.73. The third-order valence-electron chi connectivity index (χ3n) is 2.75. The summed E-state index contributed by atoms with van der Waals surface area (Å²) in [7, 11) is 0. The minimum atomic E-state index is 0.192. The average Bonchev–Trinajstić information content (AvgIpc) is 2.92. The van der Waals surface area contributed by atoms with E-state index in [0.717, 1.165) is 12.2 Å². The molecule has 106 valence electrons. The molecule has 1 saturated heterocycles. The smallest absolute Gasteiger partial charge is 0.276 e. The van der Waals surface area contributed by atoms with E-state index in [1.807, 2.05) is 4.90 Å². The molecule has 19 heavy (non-hydrogen) atoms. The van der Waals surface area contributed by atoms with Crippen LogP contribution in [-0.2, 0) is 16.1 Å². The Balaban J connectivity index is 1.62. The van der Waals surface area contributed by atoms with E-state index in [1.54, 1.807) is 0 Å². The average molecular weight is 286 g/mol. The highest BCUT2D eigenvalue weighted by Gasteiger charge is 2.16. The lowest BCUT2D eigenvalue weighted by atomic mass is 10.3. The zero-order chi connectivity index (χ0) is 13.5. The van der Waals surface area contributed by atoms with Gasteiger partial charge in [0.2, 0.25) is 11.8 Å². The molecular weight excluding hydrogens is 268 g/mol. The van der Waals surface area contributed by atoms with Gasteiger partial charge in [0, 0.05) is 25.3 Å². The van der Waals surface area contributed by atoms with Crippen molar-refractivity contribution in [1.29, 1.82) is 0 Å². The lowest BCUT2D eigenvalue weighted by Gasteiger charge is -2.26. The van der Waals surface area contributed by atoms with E-state index in [9.17, 15) is 4.79 Å². The van der Waals surface area contributed by atoms with Crippen molar-refractivity contribution in [1.82, 2.24) is 15.1 Å². The maximum absolute atomic E-state index is 11.9. The van der Waals surface area contributed by atoms with Crippen LogP contribution in [0.4, 0.5) is 0 Å². The standard InChI is InChI=1S/C11H18N4O3S/c12-8-9-13-14-11(18-9)19-7-1-2-10(16)15-3-5-17-6-4-15/h1-8,12H2. The van der Waals surface area contributed by atoms with E-state index >= 15 is 0 Å². The Labute approximate surface area is 115 Å². The zero-order valence-electron chi connectivity index (χ0n) is 10.7. The molecule has 0 aromatic carbocycles. The van der Waals surface area contributed by atoms with Gasteiger partial charge in [0.15, 0.2) is 0 Å². The first kappa shape index (κ1) is 14.3. The maximum Gasteiger partial charge on any atom is 0.276 e. The normalized spacial score (nSPS) is 15.7. The number of carbonyl (C=O) groups is 1. The van der Waals surface area contributed by atoms with E-state index in [4.69, 9.17) is 14.9 Å². The fraction of sp³-hybridized carbons (Fsp3) is 0.727. The molecule has 0 unspecified atom stereocenters. The summed E-state index contributed by atoms with van der Waals surface area (Å²) in [5.41, 5.74) is 5.37. The molecule has 1 aromatic rings. The molecule has 1 aliphatic rings. The highest BCUT2D eigenvalue weighted by Crippen LogP contribution is 2.17. The summed E-state index contributed by atoms with van der Waals surface area (Å²) in [4.78, 5) is 13.7. The summed E-state index contributed by atoms with van der Waals surface area (Å²) in [6.45, 7) is 2.95. The van der Waals surface area contributed by atoms with Crippen molar-refractivity contribution in [2.75, 3.05) is 32.1 Å². The Bertz CT molecular complexity index is 406. The van der Waals surface area contributed by atoms with Gasteiger partial charge in [0.25, 0.3) is 5.22 Å². The van der Waals surface area contributed by atoms with Crippen molar-refractivity contribution >= 4 is 17.7 Å². The van der Waals surface area contributed by atoms with Gasteiger partial charge in [-0.25, -0.2) is 0 Å². The van der Waals surface area contributed by atoms with E-state index in [-0.39, 0.29) is 12.5 Å². The molecule has 2 rings (SSSR count). The second kappa shape index (κ2) is 7.46. The van der Waals surface area contributed by atoms with Crippen molar-refractivity contribution in [3.63, 3.8) is 0 Å². The fourth-order valence-corrected chi connectivity index (χ4v) is 2.45. The molecule has 8 heteroatoms. The van der Waals surface area contributed by atoms with Crippen molar-refractivity contribution in [3.8, 4) is 0 Å². The molecule has 0 atom stereocenters. The molecular formula is C11H18N4O3S. The summed E-state index contributed by atoms with van der Waals surface area (Å²) >= 11 is 1.45. The number of morpholine rings is 1. The number of amides is 1. The predicted octanol–water partition coefficient (Wildman–Crippen LogP) is 0.259. The number of carbonyl (C=O) groups excluding carboxylic acids is 1. The minimum Gasteiger partial charge on any atom is -0.415 e. The minimum absolute atomic E-state index is 0.192. The molecule has 0 aliphatic carbocycles. The molecule has 0 saturated carbocycles. The first-order valence-electron chi connectivity index (χ1n) is 6.30. The molecule has 1 fully saturated rings. The van der Waals surface area contributed by atoms with Crippen molar-refractivity contribution < 1.29 is 13.9 Å². The lowest BCUT2D eigenvalue weighted by molar-refractivity contribution is -0.135. The van der Waals surface area contributed by atoms with Crippen LogP contribution in [0.2, 0.25) is 0 Å². The maximum atomic E-state index is 11.9. The van der Waals surface area contributed by atoms with Gasteiger partial charge in [-0.2, -0.15) is 0 Å². The van der Waals surface area contributed by atoms with Gasteiger partial charge in [-0.3, -0.25) is 4.79 Å². The molecule has 0 bridgehead atoms. The third-order valence-corrected chi connectivity index (χ3v) is 3.65. The van der Waals surface area contributed by atoms with Crippen LogP contribution in [0.15, 0.2) is 9.64 Å². The van der Waals surface area contributed by atoms with Crippen LogP contribution in [0.1, 0.15) is 18.7 Å². The molecule has 7 nitrogen and oxygen atoms in total. The monoisotopic (exact) mass is 286 g/mol. The molecule has 0 spiro atoms. The molecule has 1 amide bonds.